The zero-order chi connectivity index (χ0) is 16.0. The van der Waals surface area contributed by atoms with Gasteiger partial charge in [0.05, 0.1) is 36.9 Å². The standard InChI is InChI=1S/C12H20N2O7/c15-4-9(18)8(17)1-6-2-13-3-7(14-6)11(20)12(21)10(19)5-16/h2-3,8-12,15-21H,1,4-5H2/t8-,9-,10-,11-,12+/m0/s1. The molecular formula is C12H20N2O7. The third-order valence-electron chi connectivity index (χ3n) is 2.96. The van der Waals surface area contributed by atoms with Crippen LogP contribution in [0.2, 0.25) is 0 Å². The number of aliphatic hydroxyl groups is 7. The summed E-state index contributed by atoms with van der Waals surface area (Å²) in [5.41, 5.74) is 0.162. The highest BCUT2D eigenvalue weighted by Crippen LogP contribution is 2.17. The molecular weight excluding hydrogens is 284 g/mol. The van der Waals surface area contributed by atoms with Crippen molar-refractivity contribution in [2.24, 2.45) is 0 Å². The lowest BCUT2D eigenvalue weighted by Gasteiger charge is -2.21. The fraction of sp³-hybridized carbons (Fsp3) is 0.667. The van der Waals surface area contributed by atoms with Crippen molar-refractivity contribution in [1.29, 1.82) is 0 Å². The first-order valence-electron chi connectivity index (χ1n) is 6.33. The van der Waals surface area contributed by atoms with Gasteiger partial charge in [0, 0.05) is 12.6 Å². The summed E-state index contributed by atoms with van der Waals surface area (Å²) < 4.78 is 0. The molecule has 1 aromatic heterocycles. The molecule has 0 aromatic carbocycles. The summed E-state index contributed by atoms with van der Waals surface area (Å²) in [7, 11) is 0. The Morgan fingerprint density at radius 2 is 1.48 bits per heavy atom. The SMILES string of the molecule is OC[C@H](O)[C@@H](O)[C@@H](O)c1cncc(C[C@H](O)[C@@H](O)CO)n1. The van der Waals surface area contributed by atoms with Crippen molar-refractivity contribution < 1.29 is 35.7 Å². The molecule has 1 rings (SSSR count). The van der Waals surface area contributed by atoms with E-state index in [1.54, 1.807) is 0 Å². The average molecular weight is 304 g/mol. The number of aromatic nitrogens is 2. The van der Waals surface area contributed by atoms with Gasteiger partial charge in [-0.05, 0) is 0 Å². The lowest BCUT2D eigenvalue weighted by Crippen LogP contribution is -2.35. The van der Waals surface area contributed by atoms with Crippen molar-refractivity contribution in [3.8, 4) is 0 Å². The Kier molecular flexibility index (Phi) is 7.05. The first kappa shape index (κ1) is 17.9. The van der Waals surface area contributed by atoms with Crippen LogP contribution in [0.15, 0.2) is 12.4 Å². The highest BCUT2D eigenvalue weighted by atomic mass is 16.4. The van der Waals surface area contributed by atoms with Crippen LogP contribution in [0.5, 0.6) is 0 Å². The van der Waals surface area contributed by atoms with Crippen molar-refractivity contribution >= 4 is 0 Å². The van der Waals surface area contributed by atoms with Crippen LogP contribution in [0.1, 0.15) is 17.5 Å². The molecule has 0 spiro atoms. The third kappa shape index (κ3) is 4.93. The minimum Gasteiger partial charge on any atom is -0.394 e. The first-order valence-corrected chi connectivity index (χ1v) is 6.33. The topological polar surface area (TPSA) is 167 Å². The predicted octanol–water partition coefficient (Wildman–Crippen LogP) is -3.52. The first-order chi connectivity index (χ1) is 9.90. The van der Waals surface area contributed by atoms with Crippen LogP contribution < -0.4 is 0 Å². The number of rotatable bonds is 8. The van der Waals surface area contributed by atoms with E-state index in [0.717, 1.165) is 6.20 Å². The predicted molar refractivity (Wildman–Crippen MR) is 68.9 cm³/mol. The Hall–Kier alpha value is -1.20. The Morgan fingerprint density at radius 1 is 0.857 bits per heavy atom. The quantitative estimate of drug-likeness (QED) is 0.257. The number of hydrogen-bond acceptors (Lipinski definition) is 9. The van der Waals surface area contributed by atoms with Crippen LogP contribution in [0, 0.1) is 0 Å². The molecule has 0 radical (unpaired) electrons. The van der Waals surface area contributed by atoms with Crippen molar-refractivity contribution in [3.63, 3.8) is 0 Å². The van der Waals surface area contributed by atoms with Gasteiger partial charge in [-0.25, -0.2) is 0 Å². The molecule has 0 unspecified atom stereocenters. The summed E-state index contributed by atoms with van der Waals surface area (Å²) in [6, 6.07) is 0. The van der Waals surface area contributed by atoms with E-state index >= 15 is 0 Å². The van der Waals surface area contributed by atoms with Gasteiger partial charge in [0.2, 0.25) is 0 Å². The molecule has 9 nitrogen and oxygen atoms in total. The van der Waals surface area contributed by atoms with Gasteiger partial charge in [0.15, 0.2) is 0 Å². The Morgan fingerprint density at radius 3 is 2.05 bits per heavy atom. The van der Waals surface area contributed by atoms with Crippen molar-refractivity contribution in [3.05, 3.63) is 23.8 Å². The minimum absolute atomic E-state index is 0.0572. The van der Waals surface area contributed by atoms with Crippen LogP contribution in [0.4, 0.5) is 0 Å². The molecule has 120 valence electrons. The summed E-state index contributed by atoms with van der Waals surface area (Å²) in [5.74, 6) is 0. The summed E-state index contributed by atoms with van der Waals surface area (Å²) in [4.78, 5) is 7.73. The molecule has 0 saturated carbocycles. The number of hydrogen-bond donors (Lipinski definition) is 7. The molecule has 0 fully saturated rings. The molecule has 0 saturated heterocycles. The molecule has 0 aliphatic heterocycles. The van der Waals surface area contributed by atoms with Gasteiger partial charge in [-0.1, -0.05) is 0 Å². The summed E-state index contributed by atoms with van der Waals surface area (Å²) in [6.45, 7) is -1.34. The maximum atomic E-state index is 9.83. The maximum Gasteiger partial charge on any atom is 0.126 e. The van der Waals surface area contributed by atoms with Crippen LogP contribution in [-0.4, -0.2) is 83.3 Å². The fourth-order valence-corrected chi connectivity index (χ4v) is 1.63. The largest absolute Gasteiger partial charge is 0.394 e. The molecule has 0 aliphatic carbocycles. The van der Waals surface area contributed by atoms with Gasteiger partial charge in [-0.3, -0.25) is 9.97 Å². The highest BCUT2D eigenvalue weighted by molar-refractivity contribution is 5.09. The van der Waals surface area contributed by atoms with E-state index in [1.807, 2.05) is 0 Å². The van der Waals surface area contributed by atoms with Crippen molar-refractivity contribution in [2.75, 3.05) is 13.2 Å². The molecule has 5 atom stereocenters. The number of aliphatic hydroxyl groups excluding tert-OH is 7. The minimum atomic E-state index is -1.65. The molecule has 0 amide bonds. The van der Waals surface area contributed by atoms with E-state index in [1.165, 1.54) is 6.20 Å². The Balaban J connectivity index is 2.80. The molecule has 1 aromatic rings. The molecule has 0 aliphatic rings. The van der Waals surface area contributed by atoms with E-state index < -0.39 is 43.7 Å². The van der Waals surface area contributed by atoms with Crippen molar-refractivity contribution in [2.45, 2.75) is 36.9 Å². The van der Waals surface area contributed by atoms with Gasteiger partial charge < -0.3 is 35.7 Å². The molecule has 9 heteroatoms. The second kappa shape index (κ2) is 8.29. The van der Waals surface area contributed by atoms with Gasteiger partial charge in [-0.15, -0.1) is 0 Å². The zero-order valence-electron chi connectivity index (χ0n) is 11.2. The van der Waals surface area contributed by atoms with Gasteiger partial charge in [-0.2, -0.15) is 0 Å². The molecule has 0 bridgehead atoms. The van der Waals surface area contributed by atoms with Gasteiger partial charge in [0.25, 0.3) is 0 Å². The summed E-state index contributed by atoms with van der Waals surface area (Å²) in [5, 5.41) is 65.0. The lowest BCUT2D eigenvalue weighted by atomic mass is 10.1. The maximum absolute atomic E-state index is 9.83. The van der Waals surface area contributed by atoms with Crippen LogP contribution >= 0.6 is 0 Å². The highest BCUT2D eigenvalue weighted by Gasteiger charge is 2.27. The smallest absolute Gasteiger partial charge is 0.126 e. The molecule has 7 N–H and O–H groups in total. The van der Waals surface area contributed by atoms with E-state index in [2.05, 4.69) is 9.97 Å². The van der Waals surface area contributed by atoms with Crippen molar-refractivity contribution in [1.82, 2.24) is 9.97 Å². The normalized spacial score (nSPS) is 18.8. The summed E-state index contributed by atoms with van der Waals surface area (Å²) >= 11 is 0. The third-order valence-corrected chi connectivity index (χ3v) is 2.96. The molecule has 21 heavy (non-hydrogen) atoms. The average Bonchev–Trinajstić information content (AvgIpc) is 2.51. The fourth-order valence-electron chi connectivity index (χ4n) is 1.63. The zero-order valence-corrected chi connectivity index (χ0v) is 11.2. The second-order valence-electron chi connectivity index (χ2n) is 4.64. The Bertz CT molecular complexity index is 434. The second-order valence-corrected chi connectivity index (χ2v) is 4.64. The van der Waals surface area contributed by atoms with E-state index in [0.29, 0.717) is 0 Å². The number of nitrogens with zero attached hydrogens (tertiary/aromatic N) is 2. The summed E-state index contributed by atoms with van der Waals surface area (Å²) in [6.07, 6.45) is -5.01. The van der Waals surface area contributed by atoms with E-state index in [4.69, 9.17) is 10.2 Å². The van der Waals surface area contributed by atoms with Gasteiger partial charge in [0.1, 0.15) is 24.4 Å². The monoisotopic (exact) mass is 304 g/mol. The van der Waals surface area contributed by atoms with Crippen LogP contribution in [0.25, 0.3) is 0 Å². The van der Waals surface area contributed by atoms with Gasteiger partial charge >= 0.3 is 0 Å². The van der Waals surface area contributed by atoms with Crippen LogP contribution in [-0.2, 0) is 6.42 Å². The van der Waals surface area contributed by atoms with Crippen LogP contribution in [0.3, 0.4) is 0 Å². The van der Waals surface area contributed by atoms with E-state index in [-0.39, 0.29) is 17.8 Å². The Labute approximate surface area is 120 Å². The molecule has 1 heterocycles. The lowest BCUT2D eigenvalue weighted by molar-refractivity contribution is -0.0791. The van der Waals surface area contributed by atoms with E-state index in [9.17, 15) is 25.5 Å².